The molecule has 2 amide bonds. The van der Waals surface area contributed by atoms with E-state index >= 15 is 0 Å². The van der Waals surface area contributed by atoms with Gasteiger partial charge in [0.15, 0.2) is 0 Å². The number of allylic oxidation sites excluding steroid dienone is 3. The molecule has 1 unspecified atom stereocenters. The summed E-state index contributed by atoms with van der Waals surface area (Å²) in [5.41, 5.74) is 2.06. The summed E-state index contributed by atoms with van der Waals surface area (Å²) in [7, 11) is 0. The summed E-state index contributed by atoms with van der Waals surface area (Å²) in [5, 5.41) is 2.72. The zero-order valence-corrected chi connectivity index (χ0v) is 17.3. The van der Waals surface area contributed by atoms with Crippen molar-refractivity contribution in [1.29, 1.82) is 0 Å². The lowest BCUT2D eigenvalue weighted by molar-refractivity contribution is -0.113. The second-order valence-electron chi connectivity index (χ2n) is 8.79. The van der Waals surface area contributed by atoms with Crippen LogP contribution in [-0.2, 0) is 11.2 Å². The molecule has 0 saturated heterocycles. The Hall–Kier alpha value is -2.50. The minimum Gasteiger partial charge on any atom is -0.338 e. The highest BCUT2D eigenvalue weighted by atomic mass is 19.1. The minimum atomic E-state index is -0.824. The van der Waals surface area contributed by atoms with Gasteiger partial charge in [-0.2, -0.15) is 0 Å². The van der Waals surface area contributed by atoms with E-state index in [9.17, 15) is 18.4 Å². The molecule has 0 radical (unpaired) electrons. The number of nitrogens with zero attached hydrogens (tertiary/aromatic N) is 1. The first-order valence-electron chi connectivity index (χ1n) is 10.9. The predicted molar refractivity (Wildman–Crippen MR) is 112 cm³/mol. The molecule has 1 atom stereocenters. The molecule has 1 fully saturated rings. The zero-order chi connectivity index (χ0) is 21.3. The molecule has 160 valence electrons. The lowest BCUT2D eigenvalue weighted by Gasteiger charge is -2.33. The maximum absolute atomic E-state index is 14.1. The molecule has 1 aliphatic heterocycles. The van der Waals surface area contributed by atoms with Crippen LogP contribution in [0.5, 0.6) is 0 Å². The molecule has 0 spiro atoms. The zero-order valence-electron chi connectivity index (χ0n) is 17.3. The van der Waals surface area contributed by atoms with Crippen molar-refractivity contribution >= 4 is 17.5 Å². The molecule has 1 aromatic carbocycles. The number of carbonyl (C=O) groups is 2. The van der Waals surface area contributed by atoms with Crippen molar-refractivity contribution in [2.75, 3.05) is 18.4 Å². The Morgan fingerprint density at radius 3 is 2.70 bits per heavy atom. The van der Waals surface area contributed by atoms with E-state index in [4.69, 9.17) is 0 Å². The van der Waals surface area contributed by atoms with Crippen LogP contribution in [0.1, 0.15) is 61.4 Å². The number of hydrogen-bond donors (Lipinski definition) is 1. The van der Waals surface area contributed by atoms with Crippen molar-refractivity contribution in [2.45, 2.75) is 51.9 Å². The van der Waals surface area contributed by atoms with Gasteiger partial charge in [0, 0.05) is 36.8 Å². The molecule has 30 heavy (non-hydrogen) atoms. The van der Waals surface area contributed by atoms with E-state index in [0.717, 1.165) is 24.6 Å². The average molecular weight is 414 g/mol. The summed E-state index contributed by atoms with van der Waals surface area (Å²) in [6.07, 6.45) is 7.74. The molecule has 2 aliphatic carbocycles. The fourth-order valence-corrected chi connectivity index (χ4v) is 4.90. The Bertz CT molecular complexity index is 916. The molecule has 1 heterocycles. The van der Waals surface area contributed by atoms with Gasteiger partial charge in [0.05, 0.1) is 5.57 Å². The lowest BCUT2D eigenvalue weighted by atomic mass is 9.88. The summed E-state index contributed by atoms with van der Waals surface area (Å²) >= 11 is 0. The van der Waals surface area contributed by atoms with Crippen molar-refractivity contribution in [3.05, 3.63) is 52.6 Å². The molecule has 3 aliphatic rings. The number of amides is 2. The van der Waals surface area contributed by atoms with Crippen LogP contribution in [0, 0.1) is 11.8 Å². The first kappa shape index (κ1) is 20.8. The Morgan fingerprint density at radius 2 is 1.97 bits per heavy atom. The van der Waals surface area contributed by atoms with Gasteiger partial charge >= 0.3 is 0 Å². The average Bonchev–Trinajstić information content (AvgIpc) is 2.70. The van der Waals surface area contributed by atoms with Crippen LogP contribution >= 0.6 is 0 Å². The summed E-state index contributed by atoms with van der Waals surface area (Å²) < 4.78 is 27.5. The van der Waals surface area contributed by atoms with Crippen LogP contribution in [0.2, 0.25) is 0 Å². The predicted octanol–water partition coefficient (Wildman–Crippen LogP) is 5.32. The molecular formula is C24H28F2N2O2. The van der Waals surface area contributed by atoms with Gasteiger partial charge in [0.25, 0.3) is 11.8 Å². The summed E-state index contributed by atoms with van der Waals surface area (Å²) in [5.74, 6) is -1.82. The van der Waals surface area contributed by atoms with Gasteiger partial charge in [-0.05, 0) is 54.9 Å². The van der Waals surface area contributed by atoms with E-state index in [1.54, 1.807) is 25.1 Å². The summed E-state index contributed by atoms with van der Waals surface area (Å²) in [6, 6.07) is 5.22. The fourth-order valence-electron chi connectivity index (χ4n) is 4.90. The Morgan fingerprint density at radius 1 is 1.20 bits per heavy atom. The summed E-state index contributed by atoms with van der Waals surface area (Å²) in [4.78, 5) is 27.5. The SMILES string of the molecule is CC1CC(F)=CC(F)=C1C(=O)Nc1ccc2c(c1)CCN(CC1CCCCC1)C2=O. The van der Waals surface area contributed by atoms with Crippen molar-refractivity contribution in [2.24, 2.45) is 11.8 Å². The lowest BCUT2D eigenvalue weighted by Crippen LogP contribution is -2.41. The summed E-state index contributed by atoms with van der Waals surface area (Å²) in [6.45, 7) is 3.14. The van der Waals surface area contributed by atoms with E-state index in [1.165, 1.54) is 32.1 Å². The highest BCUT2D eigenvalue weighted by molar-refractivity contribution is 6.05. The number of fused-ring (bicyclic) bond motifs is 1. The van der Waals surface area contributed by atoms with Crippen LogP contribution in [-0.4, -0.2) is 29.8 Å². The molecule has 0 aromatic heterocycles. The van der Waals surface area contributed by atoms with Gasteiger partial charge in [0.1, 0.15) is 11.7 Å². The van der Waals surface area contributed by atoms with Gasteiger partial charge in [-0.25, -0.2) is 8.78 Å². The number of nitrogens with one attached hydrogen (secondary N) is 1. The number of halogens is 2. The fraction of sp³-hybridized carbons (Fsp3) is 0.500. The molecule has 1 aromatic rings. The highest BCUT2D eigenvalue weighted by Crippen LogP contribution is 2.32. The van der Waals surface area contributed by atoms with Crippen molar-refractivity contribution in [1.82, 2.24) is 4.90 Å². The molecule has 6 heteroatoms. The van der Waals surface area contributed by atoms with Crippen LogP contribution in [0.25, 0.3) is 0 Å². The van der Waals surface area contributed by atoms with E-state index in [2.05, 4.69) is 5.32 Å². The van der Waals surface area contributed by atoms with Crippen molar-refractivity contribution in [3.8, 4) is 0 Å². The van der Waals surface area contributed by atoms with E-state index in [1.807, 2.05) is 4.90 Å². The molecule has 1 N–H and O–H groups in total. The second kappa shape index (κ2) is 8.70. The van der Waals surface area contributed by atoms with Crippen LogP contribution < -0.4 is 5.32 Å². The third-order valence-electron chi connectivity index (χ3n) is 6.51. The largest absolute Gasteiger partial charge is 0.338 e. The Balaban J connectivity index is 1.45. The first-order chi connectivity index (χ1) is 14.4. The number of carbonyl (C=O) groups excluding carboxylic acids is 2. The molecule has 4 rings (SSSR count). The standard InChI is InChI=1S/C24H28F2N2O2/c1-15-11-18(25)13-21(26)22(15)23(29)27-19-7-8-20-17(12-19)9-10-28(24(20)30)14-16-5-3-2-4-6-16/h7-8,12-13,15-16H,2-6,9-11,14H2,1H3,(H,27,29). The number of hydrogen-bond acceptors (Lipinski definition) is 2. The highest BCUT2D eigenvalue weighted by Gasteiger charge is 2.29. The number of rotatable bonds is 4. The van der Waals surface area contributed by atoms with E-state index < -0.39 is 23.5 Å². The van der Waals surface area contributed by atoms with Crippen LogP contribution in [0.3, 0.4) is 0 Å². The van der Waals surface area contributed by atoms with Gasteiger partial charge in [0.2, 0.25) is 0 Å². The minimum absolute atomic E-state index is 0.0195. The van der Waals surface area contributed by atoms with Gasteiger partial charge in [-0.3, -0.25) is 9.59 Å². The Kier molecular flexibility index (Phi) is 6.02. The third kappa shape index (κ3) is 4.32. The van der Waals surface area contributed by atoms with Gasteiger partial charge in [-0.15, -0.1) is 0 Å². The van der Waals surface area contributed by atoms with Crippen LogP contribution in [0.4, 0.5) is 14.5 Å². The first-order valence-corrected chi connectivity index (χ1v) is 10.9. The molecule has 4 nitrogen and oxygen atoms in total. The number of benzene rings is 1. The van der Waals surface area contributed by atoms with Crippen molar-refractivity contribution in [3.63, 3.8) is 0 Å². The smallest absolute Gasteiger partial charge is 0.254 e. The van der Waals surface area contributed by atoms with E-state index in [-0.39, 0.29) is 17.9 Å². The topological polar surface area (TPSA) is 49.4 Å². The molecule has 1 saturated carbocycles. The van der Waals surface area contributed by atoms with Gasteiger partial charge in [-0.1, -0.05) is 26.2 Å². The Labute approximate surface area is 176 Å². The maximum Gasteiger partial charge on any atom is 0.254 e. The maximum atomic E-state index is 14.1. The quantitative estimate of drug-likeness (QED) is 0.725. The van der Waals surface area contributed by atoms with E-state index in [0.29, 0.717) is 23.7 Å². The second-order valence-corrected chi connectivity index (χ2v) is 8.79. The normalized spacial score (nSPS) is 22.6. The van der Waals surface area contributed by atoms with Gasteiger partial charge < -0.3 is 10.2 Å². The molecular weight excluding hydrogens is 386 g/mol. The van der Waals surface area contributed by atoms with Crippen LogP contribution in [0.15, 0.2) is 41.5 Å². The third-order valence-corrected chi connectivity index (χ3v) is 6.51. The molecule has 0 bridgehead atoms. The number of anilines is 1. The monoisotopic (exact) mass is 414 g/mol. The van der Waals surface area contributed by atoms with Crippen molar-refractivity contribution < 1.29 is 18.4 Å².